The molecule has 0 bridgehead atoms. The molecule has 0 aliphatic heterocycles. The van der Waals surface area contributed by atoms with E-state index in [1.165, 1.54) is 32.6 Å². The van der Waals surface area contributed by atoms with Crippen molar-refractivity contribution in [2.45, 2.75) is 0 Å². The number of nitrogens with zero attached hydrogens (tertiary/aromatic N) is 4. The molecule has 5 aromatic carbocycles. The van der Waals surface area contributed by atoms with Gasteiger partial charge in [-0.2, -0.15) is 0 Å². The molecule has 4 heterocycles. The van der Waals surface area contributed by atoms with E-state index in [2.05, 4.69) is 118 Å². The number of aromatic nitrogens is 4. The van der Waals surface area contributed by atoms with Gasteiger partial charge in [0, 0.05) is 33.1 Å². The summed E-state index contributed by atoms with van der Waals surface area (Å²) >= 11 is 0. The molecule has 4 heteroatoms. The largest absolute Gasteiger partial charge is 0.309 e. The first-order valence-electron chi connectivity index (χ1n) is 12.9. The smallest absolute Gasteiger partial charge is 0.147 e. The average Bonchev–Trinajstić information content (AvgIpc) is 3.53. The minimum atomic E-state index is 0.965. The second-order valence-electron chi connectivity index (χ2n) is 9.86. The Morgan fingerprint density at radius 2 is 1.11 bits per heavy atom. The number of para-hydroxylation sites is 4. The molecule has 9 aromatic rings. The Balaban J connectivity index is 1.58. The normalized spacial score (nSPS) is 12.2. The van der Waals surface area contributed by atoms with Gasteiger partial charge in [0.15, 0.2) is 0 Å². The van der Waals surface area contributed by atoms with Gasteiger partial charge in [-0.05, 0) is 47.9 Å². The van der Waals surface area contributed by atoms with Crippen molar-refractivity contribution in [3.8, 4) is 5.69 Å². The van der Waals surface area contributed by atoms with Gasteiger partial charge in [-0.1, -0.05) is 72.8 Å². The van der Waals surface area contributed by atoms with Crippen LogP contribution in [0.5, 0.6) is 0 Å². The molecule has 0 amide bonds. The highest BCUT2D eigenvalue weighted by Crippen LogP contribution is 2.41. The van der Waals surface area contributed by atoms with Gasteiger partial charge in [0.05, 0.1) is 38.8 Å². The standard InChI is InChI=1S/C34H20N4/c1-2-13-24-23(12-1)31(37-27-15-6-3-10-21(27)22-11-4-7-16-28(22)37)20-25-32(24)34-36-26-14-5-8-17-29(26)38(34)30-18-9-19-35-33(25)30/h1-20H. The van der Waals surface area contributed by atoms with E-state index in [9.17, 15) is 0 Å². The molecular formula is C34H20N4. The molecule has 4 aromatic heterocycles. The molecule has 0 unspecified atom stereocenters. The fraction of sp³-hybridized carbons (Fsp3) is 0. The van der Waals surface area contributed by atoms with Crippen LogP contribution >= 0.6 is 0 Å². The Hall–Kier alpha value is -5.22. The molecule has 0 radical (unpaired) electrons. The van der Waals surface area contributed by atoms with Crippen LogP contribution in [0.2, 0.25) is 0 Å². The van der Waals surface area contributed by atoms with Crippen LogP contribution in [0.4, 0.5) is 0 Å². The SMILES string of the molecule is c1ccc2c(c1)nc1c3c4ccccc4c(-n4c5ccccc5c5ccccc54)cc3c3ncccc3n21. The average molecular weight is 485 g/mol. The summed E-state index contributed by atoms with van der Waals surface area (Å²) in [5.74, 6) is 0. The number of benzene rings is 5. The van der Waals surface area contributed by atoms with Gasteiger partial charge in [0.25, 0.3) is 0 Å². The summed E-state index contributed by atoms with van der Waals surface area (Å²) in [6.45, 7) is 0. The maximum Gasteiger partial charge on any atom is 0.147 e. The van der Waals surface area contributed by atoms with Crippen molar-refractivity contribution in [3.63, 3.8) is 0 Å². The molecule has 0 fully saturated rings. The van der Waals surface area contributed by atoms with Gasteiger partial charge < -0.3 is 4.57 Å². The van der Waals surface area contributed by atoms with E-state index in [1.54, 1.807) is 0 Å². The number of hydrogen-bond donors (Lipinski definition) is 0. The lowest BCUT2D eigenvalue weighted by molar-refractivity contribution is 1.20. The molecule has 0 saturated carbocycles. The first-order valence-corrected chi connectivity index (χ1v) is 12.9. The molecule has 0 aliphatic carbocycles. The highest BCUT2D eigenvalue weighted by molar-refractivity contribution is 6.24. The fourth-order valence-electron chi connectivity index (χ4n) is 6.37. The van der Waals surface area contributed by atoms with Gasteiger partial charge in [0.1, 0.15) is 5.65 Å². The maximum atomic E-state index is 5.16. The Labute approximate surface area is 217 Å². The number of rotatable bonds is 1. The highest BCUT2D eigenvalue weighted by atomic mass is 15.0. The van der Waals surface area contributed by atoms with Gasteiger partial charge in [0.2, 0.25) is 0 Å². The summed E-state index contributed by atoms with van der Waals surface area (Å²) in [5.41, 5.74) is 8.63. The van der Waals surface area contributed by atoms with Crippen LogP contribution in [-0.4, -0.2) is 18.9 Å². The highest BCUT2D eigenvalue weighted by Gasteiger charge is 2.20. The van der Waals surface area contributed by atoms with Crippen LogP contribution in [-0.2, 0) is 0 Å². The van der Waals surface area contributed by atoms with Crippen LogP contribution in [0.15, 0.2) is 121 Å². The molecule has 38 heavy (non-hydrogen) atoms. The molecular weight excluding hydrogens is 464 g/mol. The van der Waals surface area contributed by atoms with Crippen molar-refractivity contribution in [2.24, 2.45) is 0 Å². The molecule has 176 valence electrons. The molecule has 9 rings (SSSR count). The van der Waals surface area contributed by atoms with E-state index in [1.807, 2.05) is 12.3 Å². The predicted octanol–water partition coefficient (Wildman–Crippen LogP) is 8.44. The first kappa shape index (κ1) is 19.9. The van der Waals surface area contributed by atoms with Crippen molar-refractivity contribution >= 4 is 71.1 Å². The number of hydrogen-bond acceptors (Lipinski definition) is 2. The minimum Gasteiger partial charge on any atom is -0.309 e. The van der Waals surface area contributed by atoms with E-state index >= 15 is 0 Å². The van der Waals surface area contributed by atoms with Crippen molar-refractivity contribution < 1.29 is 0 Å². The summed E-state index contributed by atoms with van der Waals surface area (Å²) < 4.78 is 4.68. The molecule has 0 N–H and O–H groups in total. The monoisotopic (exact) mass is 484 g/mol. The zero-order chi connectivity index (χ0) is 24.8. The number of pyridine rings is 2. The van der Waals surface area contributed by atoms with E-state index in [-0.39, 0.29) is 0 Å². The Bertz CT molecular complexity index is 2360. The van der Waals surface area contributed by atoms with Crippen molar-refractivity contribution in [1.82, 2.24) is 18.9 Å². The van der Waals surface area contributed by atoms with Gasteiger partial charge >= 0.3 is 0 Å². The summed E-state index contributed by atoms with van der Waals surface area (Å²) in [4.78, 5) is 10.1. The van der Waals surface area contributed by atoms with E-state index in [0.717, 1.165) is 44.2 Å². The van der Waals surface area contributed by atoms with E-state index < -0.39 is 0 Å². The summed E-state index contributed by atoms with van der Waals surface area (Å²) in [6.07, 6.45) is 1.89. The zero-order valence-corrected chi connectivity index (χ0v) is 20.3. The van der Waals surface area contributed by atoms with E-state index in [0.29, 0.717) is 0 Å². The lowest BCUT2D eigenvalue weighted by Gasteiger charge is -2.16. The Morgan fingerprint density at radius 3 is 1.87 bits per heavy atom. The molecule has 4 nitrogen and oxygen atoms in total. The third-order valence-corrected chi connectivity index (χ3v) is 7.91. The van der Waals surface area contributed by atoms with Gasteiger partial charge in [-0.3, -0.25) is 9.38 Å². The summed E-state index contributed by atoms with van der Waals surface area (Å²) in [7, 11) is 0. The second kappa shape index (κ2) is 7.17. The van der Waals surface area contributed by atoms with Crippen LogP contribution in [0.25, 0.3) is 76.8 Å². The Morgan fingerprint density at radius 1 is 0.500 bits per heavy atom. The molecule has 0 aliphatic rings. The summed E-state index contributed by atoms with van der Waals surface area (Å²) in [6, 6.07) is 40.9. The second-order valence-corrected chi connectivity index (χ2v) is 9.86. The first-order chi connectivity index (χ1) is 18.9. The zero-order valence-electron chi connectivity index (χ0n) is 20.3. The quantitative estimate of drug-likeness (QED) is 0.219. The molecule has 0 saturated heterocycles. The maximum absolute atomic E-state index is 5.16. The van der Waals surface area contributed by atoms with Crippen LogP contribution in [0.1, 0.15) is 0 Å². The molecule has 0 atom stereocenters. The van der Waals surface area contributed by atoms with Crippen molar-refractivity contribution in [3.05, 3.63) is 121 Å². The Kier molecular flexibility index (Phi) is 3.76. The topological polar surface area (TPSA) is 35.1 Å². The molecule has 0 spiro atoms. The minimum absolute atomic E-state index is 0.965. The third kappa shape index (κ3) is 2.44. The van der Waals surface area contributed by atoms with Crippen molar-refractivity contribution in [2.75, 3.05) is 0 Å². The van der Waals surface area contributed by atoms with Crippen LogP contribution in [0, 0.1) is 0 Å². The predicted molar refractivity (Wildman–Crippen MR) is 157 cm³/mol. The van der Waals surface area contributed by atoms with Gasteiger partial charge in [-0.15, -0.1) is 0 Å². The van der Waals surface area contributed by atoms with Gasteiger partial charge in [-0.25, -0.2) is 4.98 Å². The fourth-order valence-corrected chi connectivity index (χ4v) is 6.37. The summed E-state index contributed by atoms with van der Waals surface area (Å²) in [5, 5.41) is 7.12. The number of fused-ring (bicyclic) bond motifs is 13. The van der Waals surface area contributed by atoms with Crippen LogP contribution in [0.3, 0.4) is 0 Å². The lowest BCUT2D eigenvalue weighted by atomic mass is 9.99. The van der Waals surface area contributed by atoms with Crippen molar-refractivity contribution in [1.29, 1.82) is 0 Å². The van der Waals surface area contributed by atoms with E-state index in [4.69, 9.17) is 9.97 Å². The van der Waals surface area contributed by atoms with Crippen LogP contribution < -0.4 is 0 Å². The number of imidazole rings is 1. The lowest BCUT2D eigenvalue weighted by Crippen LogP contribution is -1.99. The third-order valence-electron chi connectivity index (χ3n) is 7.91.